The monoisotopic (exact) mass is 830 g/mol. The molecule has 0 spiro atoms. The minimum atomic E-state index is -1.16. The molecule has 0 bridgehead atoms. The lowest BCUT2D eigenvalue weighted by Gasteiger charge is -2.32. The van der Waals surface area contributed by atoms with E-state index in [0.717, 1.165) is 102 Å². The second kappa shape index (κ2) is 18.2. The molecule has 318 valence electrons. The van der Waals surface area contributed by atoms with Crippen molar-refractivity contribution in [2.75, 3.05) is 33.2 Å². The summed E-state index contributed by atoms with van der Waals surface area (Å²) in [5, 5.41) is 9.82. The molecule has 12 nitrogen and oxygen atoms in total. The van der Waals surface area contributed by atoms with E-state index in [9.17, 15) is 19.5 Å². The molecular formula is C50H54N8O4. The number of nitrogens with zero attached hydrogens (tertiary/aromatic N) is 6. The molecular weight excluding hydrogens is 777 g/mol. The molecule has 6 aromatic rings. The Bertz CT molecular complexity index is 2490. The number of aromatic amines is 2. The zero-order chi connectivity index (χ0) is 42.6. The van der Waals surface area contributed by atoms with E-state index >= 15 is 0 Å². The molecule has 3 fully saturated rings. The molecule has 0 saturated carbocycles. The number of H-pyrrole nitrogens is 2. The Hall–Kier alpha value is -6.53. The van der Waals surface area contributed by atoms with Crippen molar-refractivity contribution < 1.29 is 19.5 Å². The molecule has 3 atom stereocenters. The van der Waals surface area contributed by atoms with E-state index in [1.807, 2.05) is 35.4 Å². The third-order valence-corrected chi connectivity index (χ3v) is 13.0. The molecule has 0 aliphatic carbocycles. The summed E-state index contributed by atoms with van der Waals surface area (Å²) in [6.45, 7) is 4.44. The van der Waals surface area contributed by atoms with Gasteiger partial charge in [0.25, 0.3) is 5.91 Å². The summed E-state index contributed by atoms with van der Waals surface area (Å²) in [5.41, 5.74) is 8.95. The predicted octanol–water partition coefficient (Wildman–Crippen LogP) is 9.04. The van der Waals surface area contributed by atoms with E-state index < -0.39 is 12.1 Å². The fourth-order valence-corrected chi connectivity index (χ4v) is 9.60. The van der Waals surface area contributed by atoms with Crippen LogP contribution in [0, 0.1) is 0 Å². The van der Waals surface area contributed by atoms with Gasteiger partial charge < -0.3 is 24.9 Å². The van der Waals surface area contributed by atoms with Gasteiger partial charge in [0.05, 0.1) is 42.3 Å². The maximum absolute atomic E-state index is 14.0. The zero-order valence-electron chi connectivity index (χ0n) is 35.2. The molecule has 4 aromatic carbocycles. The summed E-state index contributed by atoms with van der Waals surface area (Å²) in [5.74, 6) is 1.43. The second-order valence-corrected chi connectivity index (χ2v) is 16.9. The van der Waals surface area contributed by atoms with Crippen LogP contribution in [-0.4, -0.2) is 95.8 Å². The second-order valence-electron chi connectivity index (χ2n) is 16.9. The Morgan fingerprint density at radius 2 is 1.16 bits per heavy atom. The lowest BCUT2D eigenvalue weighted by Crippen LogP contribution is -2.43. The number of aromatic nitrogens is 4. The van der Waals surface area contributed by atoms with Crippen LogP contribution in [0.3, 0.4) is 0 Å². The van der Waals surface area contributed by atoms with E-state index in [1.165, 1.54) is 31.9 Å². The van der Waals surface area contributed by atoms with E-state index in [-0.39, 0.29) is 23.9 Å². The van der Waals surface area contributed by atoms with Gasteiger partial charge in [0.1, 0.15) is 17.7 Å². The zero-order valence-corrected chi connectivity index (χ0v) is 35.2. The first kappa shape index (κ1) is 40.9. The number of nitrogens with one attached hydrogen (secondary N) is 2. The maximum Gasteiger partial charge on any atom is 0.407 e. The number of rotatable bonds is 12. The number of piperidine rings is 1. The third-order valence-electron chi connectivity index (χ3n) is 13.0. The van der Waals surface area contributed by atoms with Crippen LogP contribution in [0.2, 0.25) is 0 Å². The van der Waals surface area contributed by atoms with Gasteiger partial charge in [-0.05, 0) is 90.6 Å². The first-order valence-corrected chi connectivity index (χ1v) is 22.0. The maximum atomic E-state index is 14.0. The molecule has 5 heterocycles. The Balaban J connectivity index is 0.836. The highest BCUT2D eigenvalue weighted by atomic mass is 16.4. The minimum Gasteiger partial charge on any atom is -0.465 e. The number of amides is 3. The molecule has 12 heteroatoms. The Morgan fingerprint density at radius 1 is 0.645 bits per heavy atom. The number of likely N-dealkylation sites (N-methyl/N-ethyl adjacent to an activating group) is 1. The van der Waals surface area contributed by atoms with Gasteiger partial charge in [0.2, 0.25) is 5.91 Å². The fourth-order valence-electron chi connectivity index (χ4n) is 9.60. The largest absolute Gasteiger partial charge is 0.465 e. The van der Waals surface area contributed by atoms with Crippen molar-refractivity contribution in [2.45, 2.75) is 76.0 Å². The van der Waals surface area contributed by atoms with Crippen LogP contribution in [0.15, 0.2) is 116 Å². The smallest absolute Gasteiger partial charge is 0.407 e. The first-order valence-electron chi connectivity index (χ1n) is 22.0. The lowest BCUT2D eigenvalue weighted by molar-refractivity contribution is -0.137. The number of imidazole rings is 2. The molecule has 9 rings (SSSR count). The normalized spacial score (nSPS) is 18.5. The van der Waals surface area contributed by atoms with Crippen LogP contribution in [0.4, 0.5) is 4.79 Å². The van der Waals surface area contributed by atoms with Gasteiger partial charge in [-0.2, -0.15) is 0 Å². The van der Waals surface area contributed by atoms with Gasteiger partial charge in [0, 0.05) is 26.7 Å². The van der Waals surface area contributed by atoms with Crippen LogP contribution in [0.1, 0.15) is 91.4 Å². The fraction of sp³-hybridized carbons (Fsp3) is 0.340. The predicted molar refractivity (Wildman–Crippen MR) is 239 cm³/mol. The Labute approximate surface area is 362 Å². The van der Waals surface area contributed by atoms with E-state index in [1.54, 1.807) is 23.2 Å². The molecule has 3 aliphatic rings. The van der Waals surface area contributed by atoms with E-state index in [0.29, 0.717) is 24.4 Å². The van der Waals surface area contributed by atoms with Crippen molar-refractivity contribution in [3.8, 4) is 33.6 Å². The van der Waals surface area contributed by atoms with Crippen molar-refractivity contribution in [3.63, 3.8) is 0 Å². The van der Waals surface area contributed by atoms with Gasteiger partial charge in [-0.25, -0.2) is 14.8 Å². The van der Waals surface area contributed by atoms with Gasteiger partial charge >= 0.3 is 6.09 Å². The molecule has 0 radical (unpaired) electrons. The summed E-state index contributed by atoms with van der Waals surface area (Å²) in [4.78, 5) is 63.7. The Kier molecular flexibility index (Phi) is 12.0. The number of carbonyl (C=O) groups is 3. The quantitative estimate of drug-likeness (QED) is 0.112. The molecule has 2 aromatic heterocycles. The van der Waals surface area contributed by atoms with Crippen LogP contribution in [0.25, 0.3) is 33.6 Å². The minimum absolute atomic E-state index is 0.0633. The van der Waals surface area contributed by atoms with E-state index in [4.69, 9.17) is 9.97 Å². The van der Waals surface area contributed by atoms with Crippen LogP contribution >= 0.6 is 0 Å². The van der Waals surface area contributed by atoms with Crippen LogP contribution in [-0.2, 0) is 22.6 Å². The van der Waals surface area contributed by atoms with E-state index in [2.05, 4.69) is 81.6 Å². The first-order chi connectivity index (χ1) is 30.3. The summed E-state index contributed by atoms with van der Waals surface area (Å²) in [6.07, 6.45) is 10.1. The number of hydrogen-bond donors (Lipinski definition) is 3. The summed E-state index contributed by atoms with van der Waals surface area (Å²) < 4.78 is 0. The van der Waals surface area contributed by atoms with Crippen LogP contribution < -0.4 is 0 Å². The number of carboxylic acid groups (broad SMARTS) is 1. The van der Waals surface area contributed by atoms with Crippen molar-refractivity contribution in [2.24, 2.45) is 0 Å². The number of likely N-dealkylation sites (tertiary alicyclic amines) is 3. The standard InChI is InChI=1S/C50H54N8O4/c1-55(50(61)62)46(38-12-4-2-5-13-38)49(60)58-29-11-17-44(58)48-52-32-42(54-48)37-24-20-35(21-25-37)34-18-22-36(23-19-34)41-31-51-47(53-41)43-16-10-28-57(43)45(59)30-39-14-6-7-15-40(39)33-56-26-8-3-9-27-56/h2,4-7,12-15,18-25,31-32,43-44,46H,3,8-11,16-17,26-30,33H2,1H3,(H,51,53)(H,52,54)(H,61,62)/t43-,44-,46+/m0/s1. The summed E-state index contributed by atoms with van der Waals surface area (Å²) in [7, 11) is 1.44. The highest BCUT2D eigenvalue weighted by Gasteiger charge is 2.39. The van der Waals surface area contributed by atoms with Gasteiger partial charge in [-0.3, -0.25) is 19.4 Å². The van der Waals surface area contributed by atoms with Gasteiger partial charge in [-0.15, -0.1) is 0 Å². The molecule has 3 aliphatic heterocycles. The SMILES string of the molecule is CN(C(=O)O)[C@@H](C(=O)N1CCC[C@H]1c1ncc(-c2ccc(-c3ccc(-c4cnc([C@@H]5CCCN5C(=O)Cc5ccccc5CN5CCCCC5)[nH]4)cc3)cc2)[nH]1)c1ccccc1. The number of carbonyl (C=O) groups excluding carboxylic acids is 2. The number of benzene rings is 4. The highest BCUT2D eigenvalue weighted by Crippen LogP contribution is 2.37. The molecule has 3 N–H and O–H groups in total. The average molecular weight is 831 g/mol. The molecule has 3 saturated heterocycles. The van der Waals surface area contributed by atoms with Crippen molar-refractivity contribution >= 4 is 17.9 Å². The van der Waals surface area contributed by atoms with Gasteiger partial charge in [0.15, 0.2) is 0 Å². The summed E-state index contributed by atoms with van der Waals surface area (Å²) in [6, 6.07) is 32.9. The van der Waals surface area contributed by atoms with Crippen molar-refractivity contribution in [1.29, 1.82) is 0 Å². The lowest BCUT2D eigenvalue weighted by atomic mass is 10.0. The topological polar surface area (TPSA) is 142 Å². The van der Waals surface area contributed by atoms with Crippen molar-refractivity contribution in [3.05, 3.63) is 144 Å². The number of hydrogen-bond acceptors (Lipinski definition) is 6. The summed E-state index contributed by atoms with van der Waals surface area (Å²) >= 11 is 0. The van der Waals surface area contributed by atoms with Crippen LogP contribution in [0.5, 0.6) is 0 Å². The van der Waals surface area contributed by atoms with Crippen molar-refractivity contribution in [1.82, 2.24) is 39.5 Å². The third kappa shape index (κ3) is 8.65. The molecule has 3 amide bonds. The Morgan fingerprint density at radius 3 is 1.74 bits per heavy atom. The average Bonchev–Trinajstić information content (AvgIpc) is 4.16. The van der Waals surface area contributed by atoms with Gasteiger partial charge in [-0.1, -0.05) is 110 Å². The highest BCUT2D eigenvalue weighted by molar-refractivity contribution is 5.87. The molecule has 0 unspecified atom stereocenters. The molecule has 62 heavy (non-hydrogen) atoms.